The van der Waals surface area contributed by atoms with Gasteiger partial charge in [-0.15, -0.1) is 0 Å². The number of hydrogen-bond acceptors (Lipinski definition) is 5. The lowest BCUT2D eigenvalue weighted by atomic mass is 9.68. The zero-order valence-corrected chi connectivity index (χ0v) is 18.5. The molecule has 1 unspecified atom stereocenters. The van der Waals surface area contributed by atoms with Crippen molar-refractivity contribution < 1.29 is 14.3 Å². The summed E-state index contributed by atoms with van der Waals surface area (Å²) >= 11 is 0. The summed E-state index contributed by atoms with van der Waals surface area (Å²) < 4.78 is 5.37. The number of benzene rings is 1. The van der Waals surface area contributed by atoms with Gasteiger partial charge >= 0.3 is 5.97 Å². The second-order valence-electron chi connectivity index (χ2n) is 9.01. The van der Waals surface area contributed by atoms with Crippen LogP contribution in [0, 0.1) is 5.41 Å². The molecule has 0 bridgehead atoms. The predicted octanol–water partition coefficient (Wildman–Crippen LogP) is 4.92. The maximum Gasteiger partial charge on any atom is 0.336 e. The second-order valence-corrected chi connectivity index (χ2v) is 9.01. The maximum absolute atomic E-state index is 13.3. The lowest BCUT2D eigenvalue weighted by Gasteiger charge is -2.39. The van der Waals surface area contributed by atoms with E-state index in [0.717, 1.165) is 34.5 Å². The number of hydrogen-bond donors (Lipinski definition) is 1. The van der Waals surface area contributed by atoms with Crippen molar-refractivity contribution in [1.82, 2.24) is 10.3 Å². The van der Waals surface area contributed by atoms with Gasteiger partial charge < -0.3 is 10.1 Å². The third-order valence-electron chi connectivity index (χ3n) is 5.99. The molecule has 1 N–H and O–H groups in total. The molecule has 0 fully saturated rings. The molecule has 2 heterocycles. The molecule has 0 spiro atoms. The Hall–Kier alpha value is -3.21. The van der Waals surface area contributed by atoms with Crippen LogP contribution in [0.25, 0.3) is 11.1 Å². The molecule has 1 aliphatic carbocycles. The fraction of sp³-hybridized carbons (Fsp3) is 0.346. The van der Waals surface area contributed by atoms with Crippen LogP contribution in [-0.4, -0.2) is 23.3 Å². The molecule has 1 aromatic heterocycles. The van der Waals surface area contributed by atoms with E-state index >= 15 is 0 Å². The number of ketones is 1. The van der Waals surface area contributed by atoms with Gasteiger partial charge in [0, 0.05) is 41.7 Å². The minimum absolute atomic E-state index is 0.0938. The first-order valence-electron chi connectivity index (χ1n) is 10.7. The highest BCUT2D eigenvalue weighted by Gasteiger charge is 2.43. The molecule has 5 heteroatoms. The summed E-state index contributed by atoms with van der Waals surface area (Å²) in [6.45, 7) is 8.18. The Balaban J connectivity index is 1.81. The Morgan fingerprint density at radius 3 is 2.39 bits per heavy atom. The van der Waals surface area contributed by atoms with Crippen molar-refractivity contribution >= 4 is 11.8 Å². The first-order chi connectivity index (χ1) is 14.8. The van der Waals surface area contributed by atoms with E-state index in [1.165, 1.54) is 0 Å². The summed E-state index contributed by atoms with van der Waals surface area (Å²) in [6, 6.07) is 12.0. The molecule has 1 atom stereocenters. The number of nitrogens with one attached hydrogen (secondary N) is 1. The summed E-state index contributed by atoms with van der Waals surface area (Å²) in [5, 5.41) is 3.36. The van der Waals surface area contributed by atoms with Crippen LogP contribution in [0.4, 0.5) is 0 Å². The molecule has 0 saturated heterocycles. The van der Waals surface area contributed by atoms with Crippen molar-refractivity contribution in [2.75, 3.05) is 6.61 Å². The number of esters is 1. The van der Waals surface area contributed by atoms with Crippen LogP contribution in [-0.2, 0) is 14.3 Å². The van der Waals surface area contributed by atoms with E-state index in [1.54, 1.807) is 19.3 Å². The van der Waals surface area contributed by atoms with E-state index in [0.29, 0.717) is 17.6 Å². The van der Waals surface area contributed by atoms with Crippen molar-refractivity contribution in [1.29, 1.82) is 0 Å². The number of carbonyl (C=O) groups excluding carboxylic acids is 2. The van der Waals surface area contributed by atoms with Crippen molar-refractivity contribution in [3.63, 3.8) is 0 Å². The number of allylic oxidation sites excluding steroid dienone is 3. The van der Waals surface area contributed by atoms with Gasteiger partial charge in [0.25, 0.3) is 0 Å². The van der Waals surface area contributed by atoms with Gasteiger partial charge in [-0.3, -0.25) is 9.78 Å². The zero-order chi connectivity index (χ0) is 22.2. The number of aromatic nitrogens is 1. The number of nitrogens with zero attached hydrogens (tertiary/aromatic N) is 1. The van der Waals surface area contributed by atoms with Crippen LogP contribution < -0.4 is 5.32 Å². The Kier molecular flexibility index (Phi) is 5.52. The average molecular weight is 417 g/mol. The van der Waals surface area contributed by atoms with Crippen LogP contribution in [0.2, 0.25) is 0 Å². The molecule has 0 radical (unpaired) electrons. The Bertz CT molecular complexity index is 1080. The smallest absolute Gasteiger partial charge is 0.336 e. The van der Waals surface area contributed by atoms with E-state index in [-0.39, 0.29) is 23.8 Å². The minimum Gasteiger partial charge on any atom is -0.463 e. The number of carbonyl (C=O) groups is 2. The Morgan fingerprint density at radius 1 is 1.10 bits per heavy atom. The Morgan fingerprint density at radius 2 is 1.74 bits per heavy atom. The molecule has 1 aromatic carbocycles. The molecule has 5 nitrogen and oxygen atoms in total. The predicted molar refractivity (Wildman–Crippen MR) is 120 cm³/mol. The molecular formula is C26H28N2O3. The number of dihydropyridines is 1. The van der Waals surface area contributed by atoms with Gasteiger partial charge in [0.2, 0.25) is 0 Å². The highest BCUT2D eigenvalue weighted by molar-refractivity contribution is 6.04. The normalized spacial score (nSPS) is 20.3. The van der Waals surface area contributed by atoms with Gasteiger partial charge in [0.15, 0.2) is 5.78 Å². The fourth-order valence-corrected chi connectivity index (χ4v) is 4.66. The molecule has 2 aromatic rings. The van der Waals surface area contributed by atoms with Crippen LogP contribution in [0.1, 0.15) is 52.0 Å². The molecule has 0 saturated carbocycles. The summed E-state index contributed by atoms with van der Waals surface area (Å²) in [7, 11) is 0. The van der Waals surface area contributed by atoms with Crippen molar-refractivity contribution in [2.24, 2.45) is 5.41 Å². The van der Waals surface area contributed by atoms with E-state index in [9.17, 15) is 9.59 Å². The third kappa shape index (κ3) is 4.05. The van der Waals surface area contributed by atoms with E-state index < -0.39 is 5.92 Å². The lowest BCUT2D eigenvalue weighted by molar-refractivity contribution is -0.138. The third-order valence-corrected chi connectivity index (χ3v) is 5.99. The van der Waals surface area contributed by atoms with Crippen LogP contribution in [0.3, 0.4) is 0 Å². The highest BCUT2D eigenvalue weighted by Crippen LogP contribution is 2.46. The van der Waals surface area contributed by atoms with E-state index in [4.69, 9.17) is 4.74 Å². The van der Waals surface area contributed by atoms with Gasteiger partial charge in [-0.2, -0.15) is 0 Å². The molecule has 160 valence electrons. The highest BCUT2D eigenvalue weighted by atomic mass is 16.5. The maximum atomic E-state index is 13.3. The van der Waals surface area contributed by atoms with Crippen LogP contribution in [0.5, 0.6) is 0 Å². The molecule has 4 rings (SSSR count). The van der Waals surface area contributed by atoms with Crippen LogP contribution >= 0.6 is 0 Å². The molecule has 0 amide bonds. The van der Waals surface area contributed by atoms with Crippen LogP contribution in [0.15, 0.2) is 71.3 Å². The topological polar surface area (TPSA) is 68.3 Å². The van der Waals surface area contributed by atoms with E-state index in [2.05, 4.69) is 24.1 Å². The number of pyridine rings is 1. The fourth-order valence-electron chi connectivity index (χ4n) is 4.66. The quantitative estimate of drug-likeness (QED) is 0.717. The number of rotatable bonds is 4. The van der Waals surface area contributed by atoms with Crippen molar-refractivity contribution in [2.45, 2.75) is 46.5 Å². The first kappa shape index (κ1) is 21.0. The molecule has 1 aliphatic heterocycles. The first-order valence-corrected chi connectivity index (χ1v) is 10.7. The lowest BCUT2D eigenvalue weighted by Crippen LogP contribution is -2.38. The van der Waals surface area contributed by atoms with Crippen molar-refractivity contribution in [3.05, 3.63) is 76.9 Å². The minimum atomic E-state index is -0.426. The average Bonchev–Trinajstić information content (AvgIpc) is 2.72. The second kappa shape index (κ2) is 8.14. The summed E-state index contributed by atoms with van der Waals surface area (Å²) in [5.41, 5.74) is 5.84. The number of Topliss-reactive ketones (excluding diaryl/α,β-unsaturated/α-hetero) is 1. The standard InChI is InChI=1S/C26H28N2O3/c1-5-31-25(30)22-16(2)28-20-14-26(3,4)15-21(29)24(20)23(22)19-8-6-17(7-9-19)18-10-12-27-13-11-18/h6-13,23,28H,5,14-15H2,1-4H3. The molecule has 31 heavy (non-hydrogen) atoms. The SMILES string of the molecule is CCOC(=O)C1=C(C)NC2=C(C(=O)CC(C)(C)C2)C1c1ccc(-c2ccncc2)cc1. The van der Waals surface area contributed by atoms with Gasteiger partial charge in [-0.05, 0) is 54.5 Å². The van der Waals surface area contributed by atoms with Gasteiger partial charge in [0.05, 0.1) is 12.2 Å². The van der Waals surface area contributed by atoms with Gasteiger partial charge in [-0.1, -0.05) is 38.1 Å². The van der Waals surface area contributed by atoms with Crippen molar-refractivity contribution in [3.8, 4) is 11.1 Å². The molecule has 2 aliphatic rings. The largest absolute Gasteiger partial charge is 0.463 e. The van der Waals surface area contributed by atoms with E-state index in [1.807, 2.05) is 43.3 Å². The molecular weight excluding hydrogens is 388 g/mol. The zero-order valence-electron chi connectivity index (χ0n) is 18.5. The van der Waals surface area contributed by atoms with Gasteiger partial charge in [-0.25, -0.2) is 4.79 Å². The summed E-state index contributed by atoms with van der Waals surface area (Å²) in [5.74, 6) is -0.707. The summed E-state index contributed by atoms with van der Waals surface area (Å²) in [4.78, 5) is 30.3. The number of ether oxygens (including phenoxy) is 1. The summed E-state index contributed by atoms with van der Waals surface area (Å²) in [6.07, 6.45) is 4.77. The Labute approximate surface area is 183 Å². The van der Waals surface area contributed by atoms with Gasteiger partial charge in [0.1, 0.15) is 0 Å². The monoisotopic (exact) mass is 416 g/mol.